The van der Waals surface area contributed by atoms with E-state index in [1.165, 1.54) is 7.11 Å². The first-order valence-corrected chi connectivity index (χ1v) is 4.94. The van der Waals surface area contributed by atoms with Crippen LogP contribution in [0.4, 0.5) is 0 Å². The standard InChI is InChI=1S/C9H16N2O3/c1-13-9(12)8-5-11-2-3-14-6-7(11)4-10-8/h7-8,10H,2-6H2,1H3/t7-,8-/m0/s1. The van der Waals surface area contributed by atoms with Crippen LogP contribution < -0.4 is 5.32 Å². The molecule has 0 aromatic rings. The van der Waals surface area contributed by atoms with Crippen LogP contribution in [-0.2, 0) is 14.3 Å². The van der Waals surface area contributed by atoms with Crippen LogP contribution >= 0.6 is 0 Å². The Labute approximate surface area is 83.3 Å². The van der Waals surface area contributed by atoms with Crippen molar-refractivity contribution < 1.29 is 14.3 Å². The summed E-state index contributed by atoms with van der Waals surface area (Å²) in [6, 6.07) is 0.249. The number of rotatable bonds is 1. The van der Waals surface area contributed by atoms with Gasteiger partial charge in [-0.15, -0.1) is 0 Å². The predicted octanol–water partition coefficient (Wildman–Crippen LogP) is -1.17. The van der Waals surface area contributed by atoms with Gasteiger partial charge in [0.05, 0.1) is 20.3 Å². The summed E-state index contributed by atoms with van der Waals surface area (Å²) in [5.41, 5.74) is 0. The van der Waals surface area contributed by atoms with Crippen molar-refractivity contribution in [1.29, 1.82) is 0 Å². The topological polar surface area (TPSA) is 50.8 Å². The maximum absolute atomic E-state index is 11.3. The summed E-state index contributed by atoms with van der Waals surface area (Å²) < 4.78 is 10.1. The van der Waals surface area contributed by atoms with Gasteiger partial charge in [-0.05, 0) is 0 Å². The lowest BCUT2D eigenvalue weighted by Gasteiger charge is -2.41. The Morgan fingerprint density at radius 3 is 3.29 bits per heavy atom. The number of nitrogens with one attached hydrogen (secondary N) is 1. The van der Waals surface area contributed by atoms with Gasteiger partial charge >= 0.3 is 5.97 Å². The van der Waals surface area contributed by atoms with Gasteiger partial charge in [0.15, 0.2) is 0 Å². The molecule has 0 saturated carbocycles. The van der Waals surface area contributed by atoms with Gasteiger partial charge in [-0.2, -0.15) is 0 Å². The van der Waals surface area contributed by atoms with Gasteiger partial charge in [0.1, 0.15) is 6.04 Å². The number of carbonyl (C=O) groups is 1. The molecule has 14 heavy (non-hydrogen) atoms. The normalized spacial score (nSPS) is 33.5. The molecule has 0 aromatic heterocycles. The Morgan fingerprint density at radius 1 is 1.64 bits per heavy atom. The van der Waals surface area contributed by atoms with Crippen molar-refractivity contribution >= 4 is 5.97 Å². The molecule has 0 aliphatic carbocycles. The molecule has 5 nitrogen and oxygen atoms in total. The van der Waals surface area contributed by atoms with Gasteiger partial charge in [0, 0.05) is 25.7 Å². The molecule has 2 fully saturated rings. The highest BCUT2D eigenvalue weighted by molar-refractivity contribution is 5.76. The molecule has 2 aliphatic heterocycles. The highest BCUT2D eigenvalue weighted by Gasteiger charge is 2.33. The second-order valence-corrected chi connectivity index (χ2v) is 3.71. The van der Waals surface area contributed by atoms with Crippen LogP contribution in [-0.4, -0.2) is 62.9 Å². The molecule has 0 bridgehead atoms. The summed E-state index contributed by atoms with van der Waals surface area (Å²) in [6.45, 7) is 3.99. The van der Waals surface area contributed by atoms with E-state index in [4.69, 9.17) is 9.47 Å². The lowest BCUT2D eigenvalue weighted by Crippen LogP contribution is -2.62. The molecule has 2 heterocycles. The molecular weight excluding hydrogens is 184 g/mol. The first kappa shape index (κ1) is 9.89. The summed E-state index contributed by atoms with van der Waals surface area (Å²) in [6.07, 6.45) is 0. The third-order valence-corrected chi connectivity index (χ3v) is 2.85. The zero-order valence-electron chi connectivity index (χ0n) is 8.36. The van der Waals surface area contributed by atoms with Crippen molar-refractivity contribution in [2.75, 3.05) is 40.0 Å². The lowest BCUT2D eigenvalue weighted by atomic mass is 10.1. The predicted molar refractivity (Wildman–Crippen MR) is 50.0 cm³/mol. The monoisotopic (exact) mass is 200 g/mol. The Hall–Kier alpha value is -0.650. The fourth-order valence-electron chi connectivity index (χ4n) is 2.00. The number of ether oxygens (including phenoxy) is 2. The average molecular weight is 200 g/mol. The molecule has 0 radical (unpaired) electrons. The molecule has 2 atom stereocenters. The second-order valence-electron chi connectivity index (χ2n) is 3.71. The maximum atomic E-state index is 11.3. The lowest BCUT2D eigenvalue weighted by molar-refractivity contribution is -0.146. The number of methoxy groups -OCH3 is 1. The Morgan fingerprint density at radius 2 is 2.50 bits per heavy atom. The smallest absolute Gasteiger partial charge is 0.324 e. The first-order valence-electron chi connectivity index (χ1n) is 4.94. The van der Waals surface area contributed by atoms with Gasteiger partial charge in [0.25, 0.3) is 0 Å². The molecule has 0 spiro atoms. The largest absolute Gasteiger partial charge is 0.468 e. The molecule has 2 rings (SSSR count). The van der Waals surface area contributed by atoms with Gasteiger partial charge in [-0.25, -0.2) is 0 Å². The third-order valence-electron chi connectivity index (χ3n) is 2.85. The van der Waals surface area contributed by atoms with Crippen molar-refractivity contribution in [2.45, 2.75) is 12.1 Å². The van der Waals surface area contributed by atoms with Crippen LogP contribution in [0.5, 0.6) is 0 Å². The Balaban J connectivity index is 1.92. The molecular formula is C9H16N2O3. The van der Waals surface area contributed by atoms with E-state index in [0.717, 1.165) is 32.8 Å². The molecule has 2 aliphatic rings. The van der Waals surface area contributed by atoms with E-state index in [0.29, 0.717) is 6.04 Å². The van der Waals surface area contributed by atoms with E-state index in [2.05, 4.69) is 10.2 Å². The quantitative estimate of drug-likeness (QED) is 0.541. The minimum atomic E-state index is -0.172. The van der Waals surface area contributed by atoms with E-state index in [-0.39, 0.29) is 12.0 Å². The number of morpholine rings is 1. The van der Waals surface area contributed by atoms with E-state index < -0.39 is 0 Å². The zero-order chi connectivity index (χ0) is 9.97. The Kier molecular flexibility index (Phi) is 3.00. The number of piperazine rings is 1. The molecule has 2 saturated heterocycles. The minimum absolute atomic E-state index is 0.171. The highest BCUT2D eigenvalue weighted by Crippen LogP contribution is 2.11. The van der Waals surface area contributed by atoms with Crippen molar-refractivity contribution in [1.82, 2.24) is 10.2 Å². The number of hydrogen-bond donors (Lipinski definition) is 1. The van der Waals surface area contributed by atoms with Crippen molar-refractivity contribution in [3.8, 4) is 0 Å². The molecule has 0 amide bonds. The maximum Gasteiger partial charge on any atom is 0.324 e. The first-order chi connectivity index (χ1) is 6.81. The summed E-state index contributed by atoms with van der Waals surface area (Å²) in [5.74, 6) is -0.171. The second kappa shape index (κ2) is 4.25. The Bertz CT molecular complexity index is 222. The molecule has 5 heteroatoms. The van der Waals surface area contributed by atoms with Crippen LogP contribution in [0, 0.1) is 0 Å². The van der Waals surface area contributed by atoms with E-state index >= 15 is 0 Å². The van der Waals surface area contributed by atoms with Crippen molar-refractivity contribution in [2.24, 2.45) is 0 Å². The van der Waals surface area contributed by atoms with Gasteiger partial charge in [0.2, 0.25) is 0 Å². The van der Waals surface area contributed by atoms with E-state index in [1.54, 1.807) is 0 Å². The summed E-state index contributed by atoms with van der Waals surface area (Å²) in [5, 5.41) is 3.17. The SMILES string of the molecule is COC(=O)[C@@H]1CN2CCOC[C@@H]2CN1. The minimum Gasteiger partial charge on any atom is -0.468 e. The van der Waals surface area contributed by atoms with Gasteiger partial charge in [-0.3, -0.25) is 9.69 Å². The van der Waals surface area contributed by atoms with Gasteiger partial charge < -0.3 is 14.8 Å². The fraction of sp³-hybridized carbons (Fsp3) is 0.889. The van der Waals surface area contributed by atoms with Crippen LogP contribution in [0.1, 0.15) is 0 Å². The number of esters is 1. The number of nitrogens with zero attached hydrogens (tertiary/aromatic N) is 1. The fourth-order valence-corrected chi connectivity index (χ4v) is 2.00. The summed E-state index contributed by atoms with van der Waals surface area (Å²) >= 11 is 0. The van der Waals surface area contributed by atoms with E-state index in [1.807, 2.05) is 0 Å². The zero-order valence-corrected chi connectivity index (χ0v) is 8.36. The van der Waals surface area contributed by atoms with Crippen molar-refractivity contribution in [3.05, 3.63) is 0 Å². The van der Waals surface area contributed by atoms with Gasteiger partial charge in [-0.1, -0.05) is 0 Å². The molecule has 0 aromatic carbocycles. The van der Waals surface area contributed by atoms with Crippen LogP contribution in [0.2, 0.25) is 0 Å². The number of fused-ring (bicyclic) bond motifs is 1. The van der Waals surface area contributed by atoms with Crippen LogP contribution in [0.15, 0.2) is 0 Å². The number of carbonyl (C=O) groups excluding carboxylic acids is 1. The molecule has 1 N–H and O–H groups in total. The summed E-state index contributed by atoms with van der Waals surface area (Å²) in [7, 11) is 1.43. The van der Waals surface area contributed by atoms with Crippen LogP contribution in [0.25, 0.3) is 0 Å². The highest BCUT2D eigenvalue weighted by atomic mass is 16.5. The van der Waals surface area contributed by atoms with E-state index in [9.17, 15) is 4.79 Å². The van der Waals surface area contributed by atoms with Crippen molar-refractivity contribution in [3.63, 3.8) is 0 Å². The molecule has 0 unspecified atom stereocenters. The number of hydrogen-bond acceptors (Lipinski definition) is 5. The summed E-state index contributed by atoms with van der Waals surface area (Å²) in [4.78, 5) is 13.6. The van der Waals surface area contributed by atoms with Crippen LogP contribution in [0.3, 0.4) is 0 Å². The molecule has 80 valence electrons. The average Bonchev–Trinajstić information content (AvgIpc) is 2.27. The third kappa shape index (κ3) is 1.89.